The lowest BCUT2D eigenvalue weighted by molar-refractivity contribution is 0.112. The Kier molecular flexibility index (Phi) is 3.68. The number of carbonyl (C=O) groups excluding carboxylic acids is 1. The third kappa shape index (κ3) is 2.92. The van der Waals surface area contributed by atoms with Crippen LogP contribution >= 0.6 is 0 Å². The van der Waals surface area contributed by atoms with Gasteiger partial charge in [0.1, 0.15) is 5.82 Å². The predicted molar refractivity (Wildman–Crippen MR) is 71.9 cm³/mol. The molecule has 0 aliphatic rings. The van der Waals surface area contributed by atoms with Gasteiger partial charge in [-0.25, -0.2) is 4.39 Å². The zero-order chi connectivity index (χ0) is 13.0. The lowest BCUT2D eigenvalue weighted by Gasteiger charge is -1.99. The van der Waals surface area contributed by atoms with Gasteiger partial charge in [0.15, 0.2) is 6.29 Å². The number of aldehydes is 1. The van der Waals surface area contributed by atoms with Crippen LogP contribution in [0.5, 0.6) is 0 Å². The van der Waals surface area contributed by atoms with E-state index in [0.29, 0.717) is 17.4 Å². The summed E-state index contributed by atoms with van der Waals surface area (Å²) in [5.41, 5.74) is 3.31. The van der Waals surface area contributed by atoms with Crippen LogP contribution in [0, 0.1) is 12.7 Å². The van der Waals surface area contributed by atoms with E-state index >= 15 is 0 Å². The highest BCUT2D eigenvalue weighted by Crippen LogP contribution is 2.14. The molecule has 2 aromatic carbocycles. The molecule has 0 aromatic heterocycles. The van der Waals surface area contributed by atoms with Crippen LogP contribution in [0.1, 0.15) is 27.0 Å². The van der Waals surface area contributed by atoms with Crippen LogP contribution in [-0.2, 0) is 0 Å². The molecule has 1 nitrogen and oxygen atoms in total. The molecule has 0 aliphatic heterocycles. The summed E-state index contributed by atoms with van der Waals surface area (Å²) in [5.74, 6) is -0.399. The van der Waals surface area contributed by atoms with Crippen molar-refractivity contribution < 1.29 is 9.18 Å². The van der Waals surface area contributed by atoms with Crippen LogP contribution in [0.15, 0.2) is 42.5 Å². The van der Waals surface area contributed by atoms with E-state index in [0.717, 1.165) is 5.56 Å². The van der Waals surface area contributed by atoms with Crippen molar-refractivity contribution >= 4 is 18.4 Å². The summed E-state index contributed by atoms with van der Waals surface area (Å²) >= 11 is 0. The molecule has 0 unspecified atom stereocenters. The maximum Gasteiger partial charge on any atom is 0.150 e. The molecule has 0 heterocycles. The standard InChI is InChI=1S/C16H13FO/c1-12-2-4-13(5-3-12)6-7-14-8-9-16(17)10-15(14)11-18/h2-11H,1H3/b7-6+. The van der Waals surface area contributed by atoms with Crippen molar-refractivity contribution in [2.75, 3.05) is 0 Å². The number of carbonyl (C=O) groups is 1. The number of rotatable bonds is 3. The first-order chi connectivity index (χ1) is 8.69. The lowest BCUT2D eigenvalue weighted by atomic mass is 10.1. The first-order valence-electron chi connectivity index (χ1n) is 5.68. The summed E-state index contributed by atoms with van der Waals surface area (Å²) < 4.78 is 13.0. The van der Waals surface area contributed by atoms with Crippen molar-refractivity contribution in [3.63, 3.8) is 0 Å². The maximum absolute atomic E-state index is 13.0. The minimum Gasteiger partial charge on any atom is -0.298 e. The van der Waals surface area contributed by atoms with Gasteiger partial charge in [0, 0.05) is 5.56 Å². The van der Waals surface area contributed by atoms with Gasteiger partial charge in [-0.3, -0.25) is 4.79 Å². The van der Waals surface area contributed by atoms with Crippen molar-refractivity contribution in [3.8, 4) is 0 Å². The minimum absolute atomic E-state index is 0.360. The van der Waals surface area contributed by atoms with Crippen LogP contribution in [0.2, 0.25) is 0 Å². The number of benzene rings is 2. The first kappa shape index (κ1) is 12.2. The molecule has 0 amide bonds. The summed E-state index contributed by atoms with van der Waals surface area (Å²) in [6, 6.07) is 12.2. The predicted octanol–water partition coefficient (Wildman–Crippen LogP) is 4.12. The third-order valence-electron chi connectivity index (χ3n) is 2.71. The molecule has 0 saturated carbocycles. The van der Waals surface area contributed by atoms with Crippen molar-refractivity contribution in [2.24, 2.45) is 0 Å². The number of aryl methyl sites for hydroxylation is 1. The lowest BCUT2D eigenvalue weighted by Crippen LogP contribution is -1.87. The minimum atomic E-state index is -0.399. The number of hydrogen-bond acceptors (Lipinski definition) is 1. The van der Waals surface area contributed by atoms with Crippen molar-refractivity contribution in [3.05, 3.63) is 70.5 Å². The van der Waals surface area contributed by atoms with Gasteiger partial charge in [-0.2, -0.15) is 0 Å². The molecule has 90 valence electrons. The zero-order valence-corrected chi connectivity index (χ0v) is 10.1. The molecule has 0 atom stereocenters. The Bertz CT molecular complexity index is 583. The van der Waals surface area contributed by atoms with Crippen LogP contribution in [0.3, 0.4) is 0 Å². The molecular weight excluding hydrogens is 227 g/mol. The fraction of sp³-hybridized carbons (Fsp3) is 0.0625. The summed E-state index contributed by atoms with van der Waals surface area (Å²) in [6.07, 6.45) is 4.38. The molecule has 2 heteroatoms. The van der Waals surface area contributed by atoms with Crippen molar-refractivity contribution in [2.45, 2.75) is 6.92 Å². The Balaban J connectivity index is 2.28. The monoisotopic (exact) mass is 240 g/mol. The van der Waals surface area contributed by atoms with E-state index in [1.54, 1.807) is 6.07 Å². The van der Waals surface area contributed by atoms with E-state index in [1.165, 1.54) is 17.7 Å². The Morgan fingerprint density at radius 1 is 0.944 bits per heavy atom. The number of hydrogen-bond donors (Lipinski definition) is 0. The van der Waals surface area contributed by atoms with Gasteiger partial charge in [-0.1, -0.05) is 48.0 Å². The molecule has 18 heavy (non-hydrogen) atoms. The summed E-state index contributed by atoms with van der Waals surface area (Å²) in [4.78, 5) is 10.8. The third-order valence-corrected chi connectivity index (χ3v) is 2.71. The Labute approximate surface area is 106 Å². The normalized spacial score (nSPS) is 10.8. The highest BCUT2D eigenvalue weighted by atomic mass is 19.1. The van der Waals surface area contributed by atoms with Crippen molar-refractivity contribution in [1.82, 2.24) is 0 Å². The van der Waals surface area contributed by atoms with E-state index in [-0.39, 0.29) is 0 Å². The van der Waals surface area contributed by atoms with Gasteiger partial charge < -0.3 is 0 Å². The molecule has 0 radical (unpaired) electrons. The molecule has 0 fully saturated rings. The van der Waals surface area contributed by atoms with Gasteiger partial charge in [0.2, 0.25) is 0 Å². The van der Waals surface area contributed by atoms with Gasteiger partial charge in [0.25, 0.3) is 0 Å². The van der Waals surface area contributed by atoms with Crippen molar-refractivity contribution in [1.29, 1.82) is 0 Å². The van der Waals surface area contributed by atoms with Gasteiger partial charge in [0.05, 0.1) is 0 Å². The summed E-state index contributed by atoms with van der Waals surface area (Å²) in [6.45, 7) is 2.03. The Hall–Kier alpha value is -2.22. The van der Waals surface area contributed by atoms with Gasteiger partial charge >= 0.3 is 0 Å². The fourth-order valence-electron chi connectivity index (χ4n) is 1.66. The van der Waals surface area contributed by atoms with E-state index in [4.69, 9.17) is 0 Å². The van der Waals surface area contributed by atoms with E-state index < -0.39 is 5.82 Å². The molecule has 0 bridgehead atoms. The zero-order valence-electron chi connectivity index (χ0n) is 10.1. The molecule has 2 rings (SSSR count). The van der Waals surface area contributed by atoms with Crippen LogP contribution < -0.4 is 0 Å². The highest BCUT2D eigenvalue weighted by Gasteiger charge is 2.00. The topological polar surface area (TPSA) is 17.1 Å². The quantitative estimate of drug-likeness (QED) is 0.582. The second-order valence-electron chi connectivity index (χ2n) is 4.14. The molecule has 0 spiro atoms. The van der Waals surface area contributed by atoms with E-state index in [1.807, 2.05) is 43.3 Å². The molecular formula is C16H13FO. The highest BCUT2D eigenvalue weighted by molar-refractivity contribution is 5.84. The summed E-state index contributed by atoms with van der Waals surface area (Å²) in [7, 11) is 0. The van der Waals surface area contributed by atoms with Crippen LogP contribution in [0.25, 0.3) is 12.2 Å². The van der Waals surface area contributed by atoms with E-state index in [2.05, 4.69) is 0 Å². The second-order valence-corrected chi connectivity index (χ2v) is 4.14. The van der Waals surface area contributed by atoms with Gasteiger partial charge in [-0.05, 0) is 30.2 Å². The maximum atomic E-state index is 13.0. The average Bonchev–Trinajstić information content (AvgIpc) is 2.39. The van der Waals surface area contributed by atoms with Crippen LogP contribution in [0.4, 0.5) is 4.39 Å². The molecule has 2 aromatic rings. The van der Waals surface area contributed by atoms with E-state index in [9.17, 15) is 9.18 Å². The molecule has 0 aliphatic carbocycles. The smallest absolute Gasteiger partial charge is 0.150 e. The summed E-state index contributed by atoms with van der Waals surface area (Å²) in [5, 5.41) is 0. The fourth-order valence-corrected chi connectivity index (χ4v) is 1.66. The largest absolute Gasteiger partial charge is 0.298 e. The van der Waals surface area contributed by atoms with Gasteiger partial charge in [-0.15, -0.1) is 0 Å². The SMILES string of the molecule is Cc1ccc(/C=C/c2ccc(F)cc2C=O)cc1. The number of halogens is 1. The Morgan fingerprint density at radius 2 is 1.67 bits per heavy atom. The Morgan fingerprint density at radius 3 is 2.33 bits per heavy atom. The van der Waals surface area contributed by atoms with Crippen LogP contribution in [-0.4, -0.2) is 6.29 Å². The average molecular weight is 240 g/mol. The molecule has 0 N–H and O–H groups in total. The first-order valence-corrected chi connectivity index (χ1v) is 5.68. The second kappa shape index (κ2) is 5.41. The molecule has 0 saturated heterocycles.